The number of benzene rings is 1. The minimum Gasteiger partial charge on any atom is -0.323 e. The average Bonchev–Trinajstić information content (AvgIpc) is 2.87. The van der Waals surface area contributed by atoms with E-state index in [2.05, 4.69) is 63.8 Å². The molecule has 0 amide bonds. The van der Waals surface area contributed by atoms with Crippen LogP contribution in [0.5, 0.6) is 0 Å². The number of nitrogens with zero attached hydrogens (tertiary/aromatic N) is 1. The molecule has 3 atom stereocenters. The molecule has 0 bridgehead atoms. The van der Waals surface area contributed by atoms with Gasteiger partial charge >= 0.3 is 0 Å². The van der Waals surface area contributed by atoms with Crippen molar-refractivity contribution in [3.8, 4) is 0 Å². The van der Waals surface area contributed by atoms with Crippen LogP contribution >= 0.6 is 0 Å². The van der Waals surface area contributed by atoms with Crippen LogP contribution in [0.1, 0.15) is 51.3 Å². The molecule has 1 saturated heterocycles. The summed E-state index contributed by atoms with van der Waals surface area (Å²) < 4.78 is 0. The van der Waals surface area contributed by atoms with Gasteiger partial charge in [0.05, 0.1) is 0 Å². The van der Waals surface area contributed by atoms with Gasteiger partial charge in [0.25, 0.3) is 0 Å². The molecule has 0 aromatic heterocycles. The van der Waals surface area contributed by atoms with Crippen molar-refractivity contribution in [2.24, 2.45) is 17.1 Å². The number of likely N-dealkylation sites (tertiary alicyclic amines) is 1. The Balaban J connectivity index is 2.01. The number of nitrogens with two attached hydrogens (primary N) is 1. The summed E-state index contributed by atoms with van der Waals surface area (Å²) in [5.74, 6) is 0.787. The van der Waals surface area contributed by atoms with Gasteiger partial charge in [0, 0.05) is 18.6 Å². The maximum atomic E-state index is 6.48. The molecular formula is C18H30N2. The Kier molecular flexibility index (Phi) is 4.55. The van der Waals surface area contributed by atoms with E-state index in [1.165, 1.54) is 30.6 Å². The number of rotatable bonds is 3. The van der Waals surface area contributed by atoms with Gasteiger partial charge in [-0.15, -0.1) is 0 Å². The van der Waals surface area contributed by atoms with Gasteiger partial charge in [-0.3, -0.25) is 4.90 Å². The summed E-state index contributed by atoms with van der Waals surface area (Å²) in [4.78, 5) is 2.57. The van der Waals surface area contributed by atoms with Crippen molar-refractivity contribution in [2.45, 2.75) is 53.1 Å². The third-order valence-corrected chi connectivity index (χ3v) is 5.00. The van der Waals surface area contributed by atoms with E-state index in [1.54, 1.807) is 0 Å². The maximum absolute atomic E-state index is 6.48. The average molecular weight is 274 g/mol. The Morgan fingerprint density at radius 2 is 1.80 bits per heavy atom. The standard InChI is InChI=1S/C18H30N2/c1-13-6-8-15(9-7-13)17(19)14(2)20-11-10-16(12-20)18(3,4)5/h6-9,14,16-17H,10-12,19H2,1-5H3. The second kappa shape index (κ2) is 5.87. The minimum atomic E-state index is 0.106. The summed E-state index contributed by atoms with van der Waals surface area (Å²) >= 11 is 0. The third-order valence-electron chi connectivity index (χ3n) is 5.00. The lowest BCUT2D eigenvalue weighted by atomic mass is 9.80. The lowest BCUT2D eigenvalue weighted by Crippen LogP contribution is -2.40. The van der Waals surface area contributed by atoms with Gasteiger partial charge in [-0.05, 0) is 43.7 Å². The second-order valence-electron chi connectivity index (χ2n) is 7.52. The number of hydrogen-bond acceptors (Lipinski definition) is 2. The zero-order valence-corrected chi connectivity index (χ0v) is 13.7. The Labute approximate surface area is 124 Å². The van der Waals surface area contributed by atoms with Crippen LogP contribution in [0, 0.1) is 18.3 Å². The van der Waals surface area contributed by atoms with Gasteiger partial charge in [-0.25, -0.2) is 0 Å². The molecule has 0 saturated carbocycles. The van der Waals surface area contributed by atoms with Crippen molar-refractivity contribution < 1.29 is 0 Å². The Morgan fingerprint density at radius 3 is 2.30 bits per heavy atom. The van der Waals surface area contributed by atoms with E-state index in [1.807, 2.05) is 0 Å². The predicted molar refractivity (Wildman–Crippen MR) is 86.7 cm³/mol. The fourth-order valence-electron chi connectivity index (χ4n) is 3.16. The van der Waals surface area contributed by atoms with E-state index < -0.39 is 0 Å². The summed E-state index contributed by atoms with van der Waals surface area (Å²) in [6.07, 6.45) is 1.30. The summed E-state index contributed by atoms with van der Waals surface area (Å²) in [5.41, 5.74) is 9.43. The molecule has 0 aliphatic carbocycles. The highest BCUT2D eigenvalue weighted by molar-refractivity contribution is 5.25. The van der Waals surface area contributed by atoms with Crippen molar-refractivity contribution in [3.05, 3.63) is 35.4 Å². The molecule has 0 spiro atoms. The molecule has 1 aliphatic heterocycles. The van der Waals surface area contributed by atoms with E-state index in [0.29, 0.717) is 11.5 Å². The van der Waals surface area contributed by atoms with E-state index in [9.17, 15) is 0 Å². The van der Waals surface area contributed by atoms with Crippen LogP contribution in [0.3, 0.4) is 0 Å². The van der Waals surface area contributed by atoms with Gasteiger partial charge in [0.1, 0.15) is 0 Å². The molecule has 2 rings (SSSR count). The lowest BCUT2D eigenvalue weighted by Gasteiger charge is -2.32. The van der Waals surface area contributed by atoms with Crippen molar-refractivity contribution in [2.75, 3.05) is 13.1 Å². The first-order valence-electron chi connectivity index (χ1n) is 7.85. The summed E-state index contributed by atoms with van der Waals surface area (Å²) in [6.45, 7) is 13.8. The van der Waals surface area contributed by atoms with Crippen LogP contribution in [0.15, 0.2) is 24.3 Å². The third kappa shape index (κ3) is 3.42. The zero-order chi connectivity index (χ0) is 14.9. The molecule has 2 nitrogen and oxygen atoms in total. The molecule has 0 radical (unpaired) electrons. The van der Waals surface area contributed by atoms with Gasteiger partial charge in [-0.2, -0.15) is 0 Å². The van der Waals surface area contributed by atoms with Crippen molar-refractivity contribution in [3.63, 3.8) is 0 Å². The van der Waals surface area contributed by atoms with Gasteiger partial charge in [-0.1, -0.05) is 50.6 Å². The zero-order valence-electron chi connectivity index (χ0n) is 13.7. The highest BCUT2D eigenvalue weighted by Gasteiger charge is 2.35. The largest absolute Gasteiger partial charge is 0.323 e. The molecule has 2 heteroatoms. The fraction of sp³-hybridized carbons (Fsp3) is 0.667. The van der Waals surface area contributed by atoms with E-state index in [0.717, 1.165) is 5.92 Å². The first-order chi connectivity index (χ1) is 9.29. The molecule has 2 N–H and O–H groups in total. The van der Waals surface area contributed by atoms with Crippen LogP contribution in [-0.4, -0.2) is 24.0 Å². The smallest absolute Gasteiger partial charge is 0.0450 e. The van der Waals surface area contributed by atoms with Crippen molar-refractivity contribution in [1.29, 1.82) is 0 Å². The first kappa shape index (κ1) is 15.5. The molecule has 20 heavy (non-hydrogen) atoms. The quantitative estimate of drug-likeness (QED) is 0.909. The topological polar surface area (TPSA) is 29.3 Å². The minimum absolute atomic E-state index is 0.106. The van der Waals surface area contributed by atoms with E-state index >= 15 is 0 Å². The Hall–Kier alpha value is -0.860. The molecule has 1 heterocycles. The van der Waals surface area contributed by atoms with Crippen LogP contribution in [0.2, 0.25) is 0 Å². The lowest BCUT2D eigenvalue weighted by molar-refractivity contribution is 0.186. The molecule has 112 valence electrons. The Bertz CT molecular complexity index is 430. The summed E-state index contributed by atoms with van der Waals surface area (Å²) in [6, 6.07) is 9.18. The van der Waals surface area contributed by atoms with Crippen molar-refractivity contribution >= 4 is 0 Å². The number of hydrogen-bond donors (Lipinski definition) is 1. The van der Waals surface area contributed by atoms with E-state index in [-0.39, 0.29) is 6.04 Å². The van der Waals surface area contributed by atoms with Crippen LogP contribution in [-0.2, 0) is 0 Å². The van der Waals surface area contributed by atoms with Crippen LogP contribution in [0.4, 0.5) is 0 Å². The molecule has 1 fully saturated rings. The fourth-order valence-corrected chi connectivity index (χ4v) is 3.16. The van der Waals surface area contributed by atoms with Gasteiger partial charge < -0.3 is 5.73 Å². The summed E-state index contributed by atoms with van der Waals surface area (Å²) in [5, 5.41) is 0. The highest BCUT2D eigenvalue weighted by Crippen LogP contribution is 2.35. The van der Waals surface area contributed by atoms with Gasteiger partial charge in [0.2, 0.25) is 0 Å². The highest BCUT2D eigenvalue weighted by atomic mass is 15.2. The monoisotopic (exact) mass is 274 g/mol. The molecule has 1 aromatic rings. The van der Waals surface area contributed by atoms with Crippen molar-refractivity contribution in [1.82, 2.24) is 4.90 Å². The Morgan fingerprint density at radius 1 is 1.20 bits per heavy atom. The number of aryl methyl sites for hydroxylation is 1. The molecule has 1 aromatic carbocycles. The summed E-state index contributed by atoms with van der Waals surface area (Å²) in [7, 11) is 0. The van der Waals surface area contributed by atoms with Crippen LogP contribution < -0.4 is 5.73 Å². The first-order valence-corrected chi connectivity index (χ1v) is 7.85. The van der Waals surface area contributed by atoms with Crippen LogP contribution in [0.25, 0.3) is 0 Å². The SMILES string of the molecule is Cc1ccc(C(N)C(C)N2CCC(C(C)(C)C)C2)cc1. The maximum Gasteiger partial charge on any atom is 0.0450 e. The van der Waals surface area contributed by atoms with Gasteiger partial charge in [0.15, 0.2) is 0 Å². The molecule has 3 unspecified atom stereocenters. The molecule has 1 aliphatic rings. The second-order valence-corrected chi connectivity index (χ2v) is 7.52. The molecular weight excluding hydrogens is 244 g/mol. The predicted octanol–water partition coefficient (Wildman–Crippen LogP) is 3.75. The normalized spacial score (nSPS) is 23.8. The van der Waals surface area contributed by atoms with E-state index in [4.69, 9.17) is 5.73 Å².